The fourth-order valence-electron chi connectivity index (χ4n) is 4.17. The van der Waals surface area contributed by atoms with E-state index in [1.165, 1.54) is 6.92 Å². The molecule has 0 atom stereocenters. The Kier molecular flexibility index (Phi) is 7.37. The van der Waals surface area contributed by atoms with E-state index >= 15 is 0 Å². The number of ether oxygens (including phenoxy) is 2. The van der Waals surface area contributed by atoms with Crippen molar-refractivity contribution in [2.75, 3.05) is 49.6 Å². The predicted octanol–water partition coefficient (Wildman–Crippen LogP) is 3.93. The van der Waals surface area contributed by atoms with Crippen LogP contribution in [0.5, 0.6) is 0 Å². The smallest absolute Gasteiger partial charge is 0.409 e. The Hall–Kier alpha value is -4.15. The number of esters is 1. The summed E-state index contributed by atoms with van der Waals surface area (Å²) in [5, 5.41) is 3.10. The van der Waals surface area contributed by atoms with Gasteiger partial charge in [-0.2, -0.15) is 0 Å². The maximum Gasteiger partial charge on any atom is 0.409 e. The number of hydrogen-bond acceptors (Lipinski definition) is 10. The highest BCUT2D eigenvalue weighted by Crippen LogP contribution is 2.34. The van der Waals surface area contributed by atoms with Gasteiger partial charge in [-0.1, -0.05) is 12.1 Å². The lowest BCUT2D eigenvalue weighted by atomic mass is 10.1. The summed E-state index contributed by atoms with van der Waals surface area (Å²) in [4.78, 5) is 50.4. The molecule has 190 valence electrons. The van der Waals surface area contributed by atoms with Crippen LogP contribution in [0.4, 0.5) is 22.3 Å². The number of furan rings is 1. The van der Waals surface area contributed by atoms with Crippen LogP contribution in [0.1, 0.15) is 47.2 Å². The average molecular weight is 496 g/mol. The van der Waals surface area contributed by atoms with Crippen LogP contribution in [0, 0.1) is 6.92 Å². The number of rotatable bonds is 7. The quantitative estimate of drug-likeness (QED) is 0.380. The van der Waals surface area contributed by atoms with E-state index in [1.54, 1.807) is 25.7 Å². The van der Waals surface area contributed by atoms with Gasteiger partial charge in [0.15, 0.2) is 17.4 Å². The van der Waals surface area contributed by atoms with E-state index in [4.69, 9.17) is 23.9 Å². The topological polar surface area (TPSA) is 127 Å². The summed E-state index contributed by atoms with van der Waals surface area (Å²) in [6.45, 7) is 8.82. The van der Waals surface area contributed by atoms with Gasteiger partial charge >= 0.3 is 12.1 Å². The number of nitrogens with one attached hydrogen (secondary N) is 1. The van der Waals surface area contributed by atoms with Crippen molar-refractivity contribution in [1.82, 2.24) is 14.9 Å². The number of hydrogen-bond donors (Lipinski definition) is 1. The normalized spacial score (nSPS) is 13.6. The molecule has 4 rings (SSSR count). The molecule has 3 aromatic rings. The van der Waals surface area contributed by atoms with Gasteiger partial charge in [-0.05, 0) is 39.8 Å². The molecule has 0 radical (unpaired) electrons. The molecule has 0 spiro atoms. The molecule has 36 heavy (non-hydrogen) atoms. The predicted molar refractivity (Wildman–Crippen MR) is 133 cm³/mol. The van der Waals surface area contributed by atoms with E-state index in [-0.39, 0.29) is 35.5 Å². The Morgan fingerprint density at radius 1 is 0.972 bits per heavy atom. The third-order valence-electron chi connectivity index (χ3n) is 5.81. The Bertz CT molecular complexity index is 1300. The molecule has 3 heterocycles. The van der Waals surface area contributed by atoms with Crippen LogP contribution >= 0.6 is 0 Å². The van der Waals surface area contributed by atoms with Gasteiger partial charge in [0.1, 0.15) is 11.3 Å². The monoisotopic (exact) mass is 495 g/mol. The second-order valence-electron chi connectivity index (χ2n) is 8.20. The molecule has 1 amide bonds. The number of carbonyl (C=O) groups excluding carboxylic acids is 3. The van der Waals surface area contributed by atoms with Crippen molar-refractivity contribution >= 4 is 46.4 Å². The maximum atomic E-state index is 12.8. The minimum atomic E-state index is -0.666. The summed E-state index contributed by atoms with van der Waals surface area (Å²) in [5.41, 5.74) is 1.52. The molecule has 1 aliphatic heterocycles. The summed E-state index contributed by atoms with van der Waals surface area (Å²) in [7, 11) is 0. The number of aryl methyl sites for hydroxylation is 1. The molecule has 1 saturated heterocycles. The van der Waals surface area contributed by atoms with E-state index < -0.39 is 5.97 Å². The number of Topliss-reactive ketones (excluding diaryl/α,β-unsaturated/α-hetero) is 1. The van der Waals surface area contributed by atoms with Gasteiger partial charge in [-0.25, -0.2) is 19.6 Å². The first-order valence-electron chi connectivity index (χ1n) is 11.9. The van der Waals surface area contributed by atoms with Crippen molar-refractivity contribution in [2.24, 2.45) is 0 Å². The molecule has 1 fully saturated rings. The number of piperazine rings is 1. The molecule has 11 heteroatoms. The Morgan fingerprint density at radius 3 is 2.22 bits per heavy atom. The van der Waals surface area contributed by atoms with Crippen molar-refractivity contribution < 1.29 is 28.3 Å². The lowest BCUT2D eigenvalue weighted by molar-refractivity contribution is 0.0524. The number of amides is 1. The van der Waals surface area contributed by atoms with Crippen LogP contribution in [0.25, 0.3) is 11.0 Å². The molecule has 0 saturated carbocycles. The zero-order valence-corrected chi connectivity index (χ0v) is 20.8. The Labute approximate surface area is 208 Å². The van der Waals surface area contributed by atoms with Crippen molar-refractivity contribution in [2.45, 2.75) is 27.7 Å². The second-order valence-corrected chi connectivity index (χ2v) is 8.20. The summed E-state index contributed by atoms with van der Waals surface area (Å²) >= 11 is 0. The molecular formula is C25H29N5O6. The van der Waals surface area contributed by atoms with Crippen LogP contribution < -0.4 is 10.2 Å². The maximum absolute atomic E-state index is 12.8. The number of nitrogens with zero attached hydrogens (tertiary/aromatic N) is 4. The van der Waals surface area contributed by atoms with Gasteiger partial charge in [-0.15, -0.1) is 0 Å². The molecule has 11 nitrogen and oxygen atoms in total. The van der Waals surface area contributed by atoms with Gasteiger partial charge in [0, 0.05) is 26.2 Å². The number of benzene rings is 1. The molecule has 1 N–H and O–H groups in total. The lowest BCUT2D eigenvalue weighted by Gasteiger charge is -2.35. The van der Waals surface area contributed by atoms with Crippen molar-refractivity contribution in [1.29, 1.82) is 0 Å². The van der Waals surface area contributed by atoms with Crippen molar-refractivity contribution in [3.8, 4) is 0 Å². The fraction of sp³-hybridized carbons (Fsp3) is 0.400. The number of carbonyl (C=O) groups is 3. The number of para-hydroxylation sites is 2. The number of fused-ring (bicyclic) bond motifs is 1. The van der Waals surface area contributed by atoms with Gasteiger partial charge in [0.25, 0.3) is 0 Å². The average Bonchev–Trinajstić information content (AvgIpc) is 3.20. The number of aromatic nitrogens is 2. The highest BCUT2D eigenvalue weighted by atomic mass is 16.6. The fourth-order valence-corrected chi connectivity index (χ4v) is 4.17. The van der Waals surface area contributed by atoms with Gasteiger partial charge in [0.2, 0.25) is 5.88 Å². The Morgan fingerprint density at radius 2 is 1.61 bits per heavy atom. The third-order valence-corrected chi connectivity index (χ3v) is 5.81. The Balaban J connectivity index is 1.73. The lowest BCUT2D eigenvalue weighted by Crippen LogP contribution is -2.49. The van der Waals surface area contributed by atoms with Crippen LogP contribution in [0.3, 0.4) is 0 Å². The van der Waals surface area contributed by atoms with Crippen molar-refractivity contribution in [3.63, 3.8) is 0 Å². The molecule has 1 aliphatic rings. The van der Waals surface area contributed by atoms with Crippen LogP contribution in [-0.4, -0.2) is 72.1 Å². The minimum Gasteiger partial charge on any atom is -0.462 e. The zero-order chi connectivity index (χ0) is 25.8. The van der Waals surface area contributed by atoms with E-state index in [2.05, 4.69) is 5.32 Å². The molecule has 0 aliphatic carbocycles. The molecule has 2 aromatic heterocycles. The van der Waals surface area contributed by atoms with Gasteiger partial charge in [0.05, 0.1) is 29.8 Å². The number of anilines is 3. The molecule has 1 aromatic carbocycles. The van der Waals surface area contributed by atoms with E-state index in [9.17, 15) is 14.4 Å². The standard InChI is InChI=1S/C25H29N5O6/c1-5-34-24(32)20-19(15(3)31)16(4)36-23(20)28-21-22(27-18-10-8-7-9-17(18)26-21)29-11-13-30(14-12-29)25(33)35-6-2/h7-10H,5-6,11-14H2,1-4H3,(H,26,28). The second kappa shape index (κ2) is 10.6. The summed E-state index contributed by atoms with van der Waals surface area (Å²) in [6, 6.07) is 7.42. The van der Waals surface area contributed by atoms with Crippen LogP contribution in [0.15, 0.2) is 28.7 Å². The van der Waals surface area contributed by atoms with Crippen LogP contribution in [0.2, 0.25) is 0 Å². The van der Waals surface area contributed by atoms with E-state index in [0.717, 1.165) is 0 Å². The summed E-state index contributed by atoms with van der Waals surface area (Å²) in [5.74, 6) is 0.268. The zero-order valence-electron chi connectivity index (χ0n) is 20.8. The number of ketones is 1. The first-order chi connectivity index (χ1) is 17.3. The third kappa shape index (κ3) is 4.95. The van der Waals surface area contributed by atoms with Gasteiger partial charge < -0.3 is 29.0 Å². The van der Waals surface area contributed by atoms with E-state index in [1.807, 2.05) is 29.2 Å². The van der Waals surface area contributed by atoms with E-state index in [0.29, 0.717) is 61.2 Å². The highest BCUT2D eigenvalue weighted by molar-refractivity contribution is 6.09. The largest absolute Gasteiger partial charge is 0.462 e. The van der Waals surface area contributed by atoms with Crippen molar-refractivity contribution in [3.05, 3.63) is 41.2 Å². The summed E-state index contributed by atoms with van der Waals surface area (Å²) < 4.78 is 16.1. The molecule has 0 unspecified atom stereocenters. The summed E-state index contributed by atoms with van der Waals surface area (Å²) in [6.07, 6.45) is -0.345. The molecular weight excluding hydrogens is 466 g/mol. The highest BCUT2D eigenvalue weighted by Gasteiger charge is 2.30. The van der Waals surface area contributed by atoms with Crippen LogP contribution in [-0.2, 0) is 9.47 Å². The van der Waals surface area contributed by atoms with Gasteiger partial charge in [-0.3, -0.25) is 4.79 Å². The SMILES string of the molecule is CCOC(=O)c1c(Nc2nc3ccccc3nc2N2CCN(C(=O)OCC)CC2)oc(C)c1C(C)=O. The first kappa shape index (κ1) is 25.0. The molecule has 0 bridgehead atoms. The minimum absolute atomic E-state index is 0.0230. The first-order valence-corrected chi connectivity index (χ1v) is 11.9.